The molecule has 0 aromatic heterocycles. The second-order valence-corrected chi connectivity index (χ2v) is 6.73. The number of thiocarbonyl (C=S) groups is 1. The molecule has 0 spiro atoms. The van der Waals surface area contributed by atoms with E-state index in [0.717, 1.165) is 32.7 Å². The van der Waals surface area contributed by atoms with E-state index in [4.69, 9.17) is 12.2 Å². The fourth-order valence-electron chi connectivity index (χ4n) is 3.09. The number of nitrogens with zero attached hydrogens (tertiary/aromatic N) is 2. The van der Waals surface area contributed by atoms with Crippen molar-refractivity contribution < 1.29 is 24.2 Å². The zero-order chi connectivity index (χ0) is 18.5. The topological polar surface area (TPSA) is 82.8 Å². The van der Waals surface area contributed by atoms with Crippen molar-refractivity contribution in [3.05, 3.63) is 30.1 Å². The minimum Gasteiger partial charge on any atom is -0.337 e. The Morgan fingerprint density at radius 2 is 2.00 bits per heavy atom. The number of benzene rings is 1. The first-order valence-corrected chi connectivity index (χ1v) is 9.06. The van der Waals surface area contributed by atoms with Gasteiger partial charge in [0.25, 0.3) is 5.91 Å². The molecule has 2 fully saturated rings. The summed E-state index contributed by atoms with van der Waals surface area (Å²) in [5.74, 6) is -2.41. The molecule has 0 saturated carbocycles. The summed E-state index contributed by atoms with van der Waals surface area (Å²) in [6, 6.07) is 5.37. The number of carbonyl (C=O) groups is 2. The predicted molar refractivity (Wildman–Crippen MR) is 98.7 cm³/mol. The molecule has 1 aromatic carbocycles. The Morgan fingerprint density at radius 3 is 2.69 bits per heavy atom. The summed E-state index contributed by atoms with van der Waals surface area (Å²) in [7, 11) is 0. The molecule has 7 nitrogen and oxygen atoms in total. The van der Waals surface area contributed by atoms with Gasteiger partial charge < -0.3 is 15.5 Å². The smallest absolute Gasteiger partial charge is 0.251 e. The summed E-state index contributed by atoms with van der Waals surface area (Å²) < 4.78 is 13.1. The average molecular weight is 379 g/mol. The molecule has 26 heavy (non-hydrogen) atoms. The van der Waals surface area contributed by atoms with E-state index in [2.05, 4.69) is 15.6 Å². The van der Waals surface area contributed by atoms with Crippen LogP contribution >= 0.6 is 12.2 Å². The summed E-state index contributed by atoms with van der Waals surface area (Å²) in [6.45, 7) is 5.88. The Balaban J connectivity index is 1.65. The Hall–Kier alpha value is -2.23. The van der Waals surface area contributed by atoms with E-state index in [-0.39, 0.29) is 5.11 Å². The van der Waals surface area contributed by atoms with Crippen molar-refractivity contribution in [1.29, 1.82) is 0 Å². The summed E-state index contributed by atoms with van der Waals surface area (Å²) in [5, 5.41) is 4.80. The van der Waals surface area contributed by atoms with Crippen molar-refractivity contribution >= 4 is 41.0 Å². The average Bonchev–Trinajstić information content (AvgIpc) is 2.63. The van der Waals surface area contributed by atoms with Gasteiger partial charge in [-0.1, -0.05) is 0 Å². The van der Waals surface area contributed by atoms with E-state index in [0.29, 0.717) is 12.2 Å². The molecule has 2 aliphatic rings. The fraction of sp³-hybridized carbons (Fsp3) is 0.412. The highest BCUT2D eigenvalue weighted by Gasteiger charge is 2.38. The number of hydrogen-bond acceptors (Lipinski definition) is 4. The zero-order valence-electron chi connectivity index (χ0n) is 14.3. The zero-order valence-corrected chi connectivity index (χ0v) is 15.1. The molecule has 2 amide bonds. The minimum absolute atomic E-state index is 0.00901. The maximum atomic E-state index is 13.1. The highest BCUT2D eigenvalue weighted by Crippen LogP contribution is 2.20. The molecule has 9 heteroatoms. The minimum atomic E-state index is -1.03. The van der Waals surface area contributed by atoms with Gasteiger partial charge in [-0.05, 0) is 36.5 Å². The molecular weight excluding hydrogens is 357 g/mol. The summed E-state index contributed by atoms with van der Waals surface area (Å²) in [4.78, 5) is 31.8. The van der Waals surface area contributed by atoms with Gasteiger partial charge in [-0.15, -0.1) is 0 Å². The van der Waals surface area contributed by atoms with Crippen LogP contribution in [-0.4, -0.2) is 62.4 Å². The van der Waals surface area contributed by atoms with Gasteiger partial charge in [-0.25, -0.2) is 4.39 Å². The van der Waals surface area contributed by atoms with Gasteiger partial charge in [-0.2, -0.15) is 0 Å². The number of anilines is 1. The SMILES string of the molecule is O=C1NC(=S)N(c2ccc(F)cc2)C(=O)[C@@H]1C=NCC[NH+]1CC[NH2+]CC1. The van der Waals surface area contributed by atoms with Crippen LogP contribution in [0.4, 0.5) is 10.1 Å². The van der Waals surface area contributed by atoms with Gasteiger partial charge in [0.2, 0.25) is 5.91 Å². The Kier molecular flexibility index (Phi) is 6.02. The lowest BCUT2D eigenvalue weighted by atomic mass is 10.1. The van der Waals surface area contributed by atoms with Crippen LogP contribution in [0, 0.1) is 11.7 Å². The second kappa shape index (κ2) is 8.43. The number of piperazine rings is 1. The predicted octanol–water partition coefficient (Wildman–Crippen LogP) is -2.28. The van der Waals surface area contributed by atoms with Gasteiger partial charge in [0.05, 0.1) is 18.8 Å². The fourth-order valence-corrected chi connectivity index (χ4v) is 3.39. The first-order valence-electron chi connectivity index (χ1n) is 8.66. The molecular formula is C17H22FN5O2S+2. The van der Waals surface area contributed by atoms with Gasteiger partial charge in [0.15, 0.2) is 11.0 Å². The molecule has 1 aromatic rings. The molecule has 0 radical (unpaired) electrons. The molecule has 4 N–H and O–H groups in total. The molecule has 2 heterocycles. The number of aliphatic imine (C=N–C) groups is 1. The van der Waals surface area contributed by atoms with Crippen LogP contribution < -0.4 is 20.4 Å². The lowest BCUT2D eigenvalue weighted by molar-refractivity contribution is -0.945. The Labute approximate surface area is 156 Å². The highest BCUT2D eigenvalue weighted by molar-refractivity contribution is 7.80. The number of halogens is 1. The van der Waals surface area contributed by atoms with Crippen LogP contribution in [0.3, 0.4) is 0 Å². The van der Waals surface area contributed by atoms with Crippen molar-refractivity contribution in [2.75, 3.05) is 44.2 Å². The Morgan fingerprint density at radius 1 is 1.31 bits per heavy atom. The third-order valence-corrected chi connectivity index (χ3v) is 4.82. The first kappa shape index (κ1) is 18.6. The molecule has 0 unspecified atom stereocenters. The maximum absolute atomic E-state index is 13.1. The van der Waals surface area contributed by atoms with Crippen molar-refractivity contribution in [3.63, 3.8) is 0 Å². The van der Waals surface area contributed by atoms with E-state index in [9.17, 15) is 14.0 Å². The quantitative estimate of drug-likeness (QED) is 0.306. The van der Waals surface area contributed by atoms with E-state index in [1.54, 1.807) is 0 Å². The van der Waals surface area contributed by atoms with Crippen molar-refractivity contribution in [2.45, 2.75) is 0 Å². The summed E-state index contributed by atoms with van der Waals surface area (Å²) in [6.07, 6.45) is 1.39. The number of hydrogen-bond donors (Lipinski definition) is 3. The highest BCUT2D eigenvalue weighted by atomic mass is 32.1. The van der Waals surface area contributed by atoms with Crippen LogP contribution in [0.2, 0.25) is 0 Å². The summed E-state index contributed by atoms with van der Waals surface area (Å²) in [5.41, 5.74) is 0.411. The molecule has 2 saturated heterocycles. The molecule has 1 atom stereocenters. The van der Waals surface area contributed by atoms with Crippen molar-refractivity contribution in [3.8, 4) is 0 Å². The monoisotopic (exact) mass is 379 g/mol. The number of rotatable bonds is 5. The Bertz CT molecular complexity index is 718. The van der Waals surface area contributed by atoms with Crippen LogP contribution in [0.5, 0.6) is 0 Å². The van der Waals surface area contributed by atoms with Gasteiger partial charge in [0, 0.05) is 6.21 Å². The number of nitrogens with two attached hydrogens (primary N) is 1. The molecule has 0 bridgehead atoms. The standard InChI is InChI=1S/C17H20FN5O2S/c18-12-1-3-13(4-2-12)23-16(25)14(15(24)21-17(23)26)11-20-7-10-22-8-5-19-6-9-22/h1-4,11,14,19H,5-10H2,(H,21,24,26)/p+2/t14-/m1/s1. The van der Waals surface area contributed by atoms with Crippen LogP contribution in [0.25, 0.3) is 0 Å². The number of quaternary nitrogens is 2. The van der Waals surface area contributed by atoms with Crippen LogP contribution in [0.1, 0.15) is 0 Å². The van der Waals surface area contributed by atoms with Gasteiger partial charge in [-0.3, -0.25) is 19.5 Å². The van der Waals surface area contributed by atoms with E-state index >= 15 is 0 Å². The molecule has 2 aliphatic heterocycles. The lowest BCUT2D eigenvalue weighted by Gasteiger charge is -2.30. The van der Waals surface area contributed by atoms with Crippen molar-refractivity contribution in [2.24, 2.45) is 10.9 Å². The van der Waals surface area contributed by atoms with Gasteiger partial charge >= 0.3 is 0 Å². The summed E-state index contributed by atoms with van der Waals surface area (Å²) >= 11 is 5.10. The van der Waals surface area contributed by atoms with E-state index in [1.165, 1.54) is 40.3 Å². The molecule has 138 valence electrons. The number of carbonyl (C=O) groups excluding carboxylic acids is 2. The maximum Gasteiger partial charge on any atom is 0.251 e. The van der Waals surface area contributed by atoms with Gasteiger partial charge in [0.1, 0.15) is 32.0 Å². The third-order valence-electron chi connectivity index (χ3n) is 4.54. The molecule has 3 rings (SSSR count). The first-order chi connectivity index (χ1) is 12.6. The third kappa shape index (κ3) is 4.29. The van der Waals surface area contributed by atoms with E-state index in [1.807, 2.05) is 0 Å². The second-order valence-electron chi connectivity index (χ2n) is 6.34. The largest absolute Gasteiger partial charge is 0.337 e. The number of amides is 2. The van der Waals surface area contributed by atoms with Crippen LogP contribution in [-0.2, 0) is 9.59 Å². The lowest BCUT2D eigenvalue weighted by Crippen LogP contribution is -3.20. The van der Waals surface area contributed by atoms with E-state index < -0.39 is 23.5 Å². The normalized spacial score (nSPS) is 22.1. The van der Waals surface area contributed by atoms with Crippen LogP contribution in [0.15, 0.2) is 29.3 Å². The molecule has 0 aliphatic carbocycles. The van der Waals surface area contributed by atoms with Crippen molar-refractivity contribution in [1.82, 2.24) is 5.32 Å². The number of nitrogens with one attached hydrogen (secondary N) is 2.